The van der Waals surface area contributed by atoms with Crippen LogP contribution in [-0.4, -0.2) is 29.7 Å². The molecule has 1 aliphatic heterocycles. The summed E-state index contributed by atoms with van der Waals surface area (Å²) in [4.78, 5) is 13.8. The first-order chi connectivity index (χ1) is 15.0. The lowest BCUT2D eigenvalue weighted by Crippen LogP contribution is -2.32. The Kier molecular flexibility index (Phi) is 6.27. The zero-order chi connectivity index (χ0) is 22.0. The lowest BCUT2D eigenvalue weighted by molar-refractivity contribution is -0.117. The highest BCUT2D eigenvalue weighted by atomic mass is 32.1. The van der Waals surface area contributed by atoms with E-state index in [0.29, 0.717) is 6.54 Å². The fourth-order valence-corrected chi connectivity index (χ4v) is 5.93. The van der Waals surface area contributed by atoms with E-state index < -0.39 is 0 Å². The van der Waals surface area contributed by atoms with Gasteiger partial charge in [-0.1, -0.05) is 0 Å². The predicted octanol–water partition coefficient (Wildman–Crippen LogP) is 4.11. The van der Waals surface area contributed by atoms with E-state index in [1.165, 1.54) is 16.9 Å². The molecule has 2 aromatic heterocycles. The summed E-state index contributed by atoms with van der Waals surface area (Å²) >= 11 is 1.70. The fourth-order valence-electron chi connectivity index (χ4n) is 4.48. The number of fused-ring (bicyclic) bond motifs is 1. The normalized spacial score (nSPS) is 18.3. The molecule has 4 rings (SSSR count). The first kappa shape index (κ1) is 21.4. The Labute approximate surface area is 186 Å². The van der Waals surface area contributed by atoms with E-state index >= 15 is 0 Å². The van der Waals surface area contributed by atoms with Gasteiger partial charge in [0, 0.05) is 29.4 Å². The molecule has 1 fully saturated rings. The van der Waals surface area contributed by atoms with Crippen LogP contribution in [0.25, 0.3) is 11.1 Å². The molecule has 1 saturated heterocycles. The van der Waals surface area contributed by atoms with E-state index in [4.69, 9.17) is 4.74 Å². The van der Waals surface area contributed by atoms with Crippen molar-refractivity contribution in [2.24, 2.45) is 0 Å². The van der Waals surface area contributed by atoms with Gasteiger partial charge in [0.25, 0.3) is 5.91 Å². The molecule has 0 unspecified atom stereocenters. The summed E-state index contributed by atoms with van der Waals surface area (Å²) in [6.45, 7) is 5.11. The number of amides is 1. The molecule has 2 aliphatic rings. The summed E-state index contributed by atoms with van der Waals surface area (Å²) in [7, 11) is 0. The van der Waals surface area contributed by atoms with Gasteiger partial charge in [-0.25, -0.2) is 0 Å². The predicted molar refractivity (Wildman–Crippen MR) is 120 cm³/mol. The van der Waals surface area contributed by atoms with Crippen molar-refractivity contribution in [3.05, 3.63) is 44.6 Å². The molecule has 1 atom stereocenters. The Morgan fingerprint density at radius 1 is 1.32 bits per heavy atom. The second-order valence-electron chi connectivity index (χ2n) is 8.18. The molecule has 0 bridgehead atoms. The first-order valence-electron chi connectivity index (χ1n) is 10.8. The Morgan fingerprint density at radius 2 is 2.13 bits per heavy atom. The van der Waals surface area contributed by atoms with Gasteiger partial charge in [-0.2, -0.15) is 10.5 Å². The van der Waals surface area contributed by atoms with E-state index in [1.54, 1.807) is 17.4 Å². The van der Waals surface area contributed by atoms with Gasteiger partial charge in [0.05, 0.1) is 11.7 Å². The number of ether oxygens (including phenoxy) is 1. The van der Waals surface area contributed by atoms with Gasteiger partial charge < -0.3 is 14.6 Å². The number of hydrogen-bond donors (Lipinski definition) is 1. The molecule has 6 nitrogen and oxygen atoms in total. The van der Waals surface area contributed by atoms with Crippen molar-refractivity contribution in [2.75, 3.05) is 13.2 Å². The van der Waals surface area contributed by atoms with Crippen molar-refractivity contribution < 1.29 is 9.53 Å². The van der Waals surface area contributed by atoms with E-state index in [2.05, 4.69) is 16.0 Å². The molecule has 2 aromatic rings. The summed E-state index contributed by atoms with van der Waals surface area (Å²) in [6.07, 6.45) is 7.90. The minimum Gasteiger partial charge on any atom is -0.376 e. The third-order valence-electron chi connectivity index (χ3n) is 6.12. The highest BCUT2D eigenvalue weighted by Gasteiger charge is 2.24. The van der Waals surface area contributed by atoms with E-state index in [-0.39, 0.29) is 17.6 Å². The van der Waals surface area contributed by atoms with Gasteiger partial charge in [0.15, 0.2) is 0 Å². The summed E-state index contributed by atoms with van der Waals surface area (Å²) in [5, 5.41) is 23.2. The molecule has 0 saturated carbocycles. The van der Waals surface area contributed by atoms with Crippen LogP contribution in [0.2, 0.25) is 0 Å². The third-order valence-corrected chi connectivity index (χ3v) is 7.39. The van der Waals surface area contributed by atoms with Gasteiger partial charge in [-0.05, 0) is 75.6 Å². The van der Waals surface area contributed by atoms with Gasteiger partial charge >= 0.3 is 0 Å². The number of hydrogen-bond acceptors (Lipinski definition) is 5. The highest BCUT2D eigenvalue weighted by molar-refractivity contribution is 7.15. The summed E-state index contributed by atoms with van der Waals surface area (Å²) in [6, 6.07) is 6.43. The summed E-state index contributed by atoms with van der Waals surface area (Å²) < 4.78 is 7.62. The molecule has 7 heteroatoms. The van der Waals surface area contributed by atoms with Crippen molar-refractivity contribution in [3.63, 3.8) is 0 Å². The van der Waals surface area contributed by atoms with Crippen LogP contribution in [0.15, 0.2) is 11.6 Å². The molecular weight excluding hydrogens is 408 g/mol. The second kappa shape index (κ2) is 9.09. The quantitative estimate of drug-likeness (QED) is 0.566. The smallest absolute Gasteiger partial charge is 0.262 e. The minimum absolute atomic E-state index is 0.0308. The van der Waals surface area contributed by atoms with E-state index in [9.17, 15) is 15.3 Å². The van der Waals surface area contributed by atoms with Crippen LogP contribution in [0.5, 0.6) is 0 Å². The molecule has 1 amide bonds. The number of aromatic nitrogens is 1. The summed E-state index contributed by atoms with van der Waals surface area (Å²) in [5.74, 6) is -0.382. The Hall–Kier alpha value is -2.87. The minimum atomic E-state index is -0.382. The van der Waals surface area contributed by atoms with Crippen LogP contribution in [0.4, 0.5) is 0 Å². The maximum absolute atomic E-state index is 12.5. The maximum atomic E-state index is 12.5. The largest absolute Gasteiger partial charge is 0.376 e. The standard InChI is InChI=1S/C24H26N4O2S/c1-15-10-17(11-18(12-25)23(29)27-14-19-6-5-9-30-19)16(2)28(15)24-21(13-26)20-7-3-4-8-22(20)31-24/h10-11,19H,3-9,14H2,1-2H3,(H,27,29)/b18-11+/t19-/m0/s1. The van der Waals surface area contributed by atoms with Crippen molar-refractivity contribution in [3.8, 4) is 17.1 Å². The molecule has 0 radical (unpaired) electrons. The molecule has 160 valence electrons. The number of nitriles is 2. The third kappa shape index (κ3) is 4.17. The molecule has 0 aromatic carbocycles. The van der Waals surface area contributed by atoms with Crippen LogP contribution in [-0.2, 0) is 22.4 Å². The Balaban J connectivity index is 1.63. The number of nitrogens with zero attached hydrogens (tertiary/aromatic N) is 3. The lowest BCUT2D eigenvalue weighted by Gasteiger charge is -2.10. The molecule has 1 N–H and O–H groups in total. The van der Waals surface area contributed by atoms with Crippen molar-refractivity contribution in [1.82, 2.24) is 9.88 Å². The first-order valence-corrected chi connectivity index (χ1v) is 11.6. The molecule has 31 heavy (non-hydrogen) atoms. The van der Waals surface area contributed by atoms with Gasteiger partial charge in [0.2, 0.25) is 0 Å². The number of carbonyl (C=O) groups excluding carboxylic acids is 1. The average molecular weight is 435 g/mol. The lowest BCUT2D eigenvalue weighted by atomic mass is 9.96. The van der Waals surface area contributed by atoms with Crippen LogP contribution in [0.1, 0.15) is 58.6 Å². The van der Waals surface area contributed by atoms with E-state index in [1.807, 2.05) is 26.0 Å². The summed E-state index contributed by atoms with van der Waals surface area (Å²) in [5.41, 5.74) is 4.76. The Bertz CT molecular complexity index is 1120. The molecule has 1 aliphatic carbocycles. The zero-order valence-corrected chi connectivity index (χ0v) is 18.8. The van der Waals surface area contributed by atoms with Crippen LogP contribution in [0, 0.1) is 36.5 Å². The maximum Gasteiger partial charge on any atom is 0.262 e. The highest BCUT2D eigenvalue weighted by Crippen LogP contribution is 2.38. The Morgan fingerprint density at radius 3 is 2.84 bits per heavy atom. The van der Waals surface area contributed by atoms with Crippen molar-refractivity contribution in [1.29, 1.82) is 10.5 Å². The van der Waals surface area contributed by atoms with Crippen LogP contribution >= 0.6 is 11.3 Å². The average Bonchev–Trinajstić information content (AvgIpc) is 3.48. The van der Waals surface area contributed by atoms with Crippen LogP contribution in [0.3, 0.4) is 0 Å². The second-order valence-corrected chi connectivity index (χ2v) is 9.26. The number of nitrogens with one attached hydrogen (secondary N) is 1. The van der Waals surface area contributed by atoms with Gasteiger partial charge in [-0.3, -0.25) is 4.79 Å². The molecular formula is C24H26N4O2S. The van der Waals surface area contributed by atoms with E-state index in [0.717, 1.165) is 66.2 Å². The molecule has 3 heterocycles. The topological polar surface area (TPSA) is 90.8 Å². The van der Waals surface area contributed by atoms with Gasteiger partial charge in [-0.15, -0.1) is 11.3 Å². The number of aryl methyl sites for hydroxylation is 2. The van der Waals surface area contributed by atoms with Gasteiger partial charge in [0.1, 0.15) is 22.7 Å². The number of thiophene rings is 1. The van der Waals surface area contributed by atoms with Crippen molar-refractivity contribution in [2.45, 2.75) is 58.5 Å². The van der Waals surface area contributed by atoms with Crippen molar-refractivity contribution >= 4 is 23.3 Å². The fraction of sp³-hybridized carbons (Fsp3) is 0.458. The zero-order valence-electron chi connectivity index (χ0n) is 18.0. The SMILES string of the molecule is Cc1cc(/C=C(\C#N)C(=O)NC[C@@H]2CCCO2)c(C)n1-c1sc2c(c1C#N)CCCC2. The number of rotatable bonds is 5. The number of carbonyl (C=O) groups is 1. The van der Waals surface area contributed by atoms with Crippen LogP contribution < -0.4 is 5.32 Å². The molecule has 0 spiro atoms. The monoisotopic (exact) mass is 434 g/mol.